The van der Waals surface area contributed by atoms with E-state index in [1.165, 1.54) is 24.3 Å². The van der Waals surface area contributed by atoms with Crippen molar-refractivity contribution < 1.29 is 87.8 Å². The molecule has 8 bridgehead atoms. The molecule has 2 aliphatic heterocycles. The molecule has 4 nitrogen and oxygen atoms in total. The maximum Gasteiger partial charge on any atom is 0.200 e. The summed E-state index contributed by atoms with van der Waals surface area (Å²) in [5, 5.41) is -0.265. The van der Waals surface area contributed by atoms with Crippen LogP contribution in [0, 0.1) is 128 Å². The number of hydrogen-bond donors (Lipinski definition) is 2. The zero-order chi connectivity index (χ0) is 60.5. The Balaban J connectivity index is 1.52. The van der Waals surface area contributed by atoms with E-state index >= 15 is 70.2 Å². The van der Waals surface area contributed by atoms with Crippen LogP contribution in [-0.4, -0.2) is 28.0 Å². The summed E-state index contributed by atoms with van der Waals surface area (Å²) >= 11 is 0. The van der Waals surface area contributed by atoms with E-state index < -0.39 is 219 Å². The van der Waals surface area contributed by atoms with Crippen molar-refractivity contribution >= 4 is 54.4 Å². The number of nitrogens with zero attached hydrogens (tertiary/aromatic N) is 2. The van der Waals surface area contributed by atoms with Crippen LogP contribution in [0.2, 0.25) is 18.1 Å². The zero-order valence-electron chi connectivity index (χ0n) is 42.3. The highest BCUT2D eigenvalue weighted by Gasteiger charge is 2.37. The fourth-order valence-electron chi connectivity index (χ4n) is 9.01. The van der Waals surface area contributed by atoms with Crippen LogP contribution in [0.1, 0.15) is 49.1 Å². The molecule has 0 amide bonds. The monoisotopic (exact) mass is 1190 g/mol. The Morgan fingerprint density at radius 2 is 0.639 bits per heavy atom. The number of benzene rings is 5. The lowest BCUT2D eigenvalue weighted by Gasteiger charge is -2.31. The first-order valence-corrected chi connectivity index (χ1v) is 26.8. The lowest BCUT2D eigenvalue weighted by Crippen LogP contribution is -2.35. The van der Waals surface area contributed by atoms with Crippen molar-refractivity contribution in [2.24, 2.45) is 0 Å². The van der Waals surface area contributed by atoms with Crippen LogP contribution in [0.5, 0.6) is 0 Å². The molecule has 10 rings (SSSR count). The fourth-order valence-corrected chi connectivity index (χ4v) is 9.84. The van der Waals surface area contributed by atoms with Gasteiger partial charge in [-0.1, -0.05) is 51.9 Å². The van der Waals surface area contributed by atoms with Gasteiger partial charge in [0.05, 0.1) is 50.5 Å². The summed E-state index contributed by atoms with van der Waals surface area (Å²) in [5.41, 5.74) is -18.0. The second kappa shape index (κ2) is 20.2. The predicted octanol–water partition coefficient (Wildman–Crippen LogP) is 18.2. The molecule has 2 N–H and O–H groups in total. The Hall–Kier alpha value is -8.92. The van der Waals surface area contributed by atoms with Gasteiger partial charge in [0.25, 0.3) is 0 Å². The number of aromatic nitrogens is 4. The summed E-state index contributed by atoms with van der Waals surface area (Å²) in [7, 11) is -2.34. The standard InChI is InChI=1S/C58H28F20N4Si/c1-58(2,3)83(4,5)17-16-19-6-8-20(9-7-19)21-18-28-31(35-41(63)49(71)55(77)50(72)42(35)64)26-13-12-24(80-26)29(33-37(59)45(67)53(75)46(68)38(33)60)22-10-11-23(79-22)30(34-39(61)47(69)54(76)48(70)40(34)62)25-14-15-27(81-25)32(57(21)82-28)36-43(65)51(73)56(78)52(74)44(36)66/h6-15,18,79,82H,1-5H3. The van der Waals surface area contributed by atoms with Crippen LogP contribution in [-0.2, 0) is 0 Å². The summed E-state index contributed by atoms with van der Waals surface area (Å²) in [6.45, 7) is 9.81. The number of aromatic amines is 2. The predicted molar refractivity (Wildman–Crippen MR) is 269 cm³/mol. The molecule has 25 heteroatoms. The molecule has 0 saturated heterocycles. The number of rotatable bonds is 5. The van der Waals surface area contributed by atoms with Gasteiger partial charge in [0, 0.05) is 49.9 Å². The minimum atomic E-state index is -2.73. The van der Waals surface area contributed by atoms with Gasteiger partial charge in [-0.05, 0) is 65.2 Å². The molecule has 8 aromatic rings. The van der Waals surface area contributed by atoms with Crippen molar-refractivity contribution in [3.05, 3.63) is 187 Å². The zero-order valence-corrected chi connectivity index (χ0v) is 43.3. The Labute approximate surface area is 454 Å². The number of halogens is 20. The normalized spacial score (nSPS) is 12.4. The van der Waals surface area contributed by atoms with Crippen LogP contribution in [0.3, 0.4) is 0 Å². The molecule has 0 fully saturated rings. The Morgan fingerprint density at radius 3 is 0.964 bits per heavy atom. The third-order valence-corrected chi connectivity index (χ3v) is 18.8. The summed E-state index contributed by atoms with van der Waals surface area (Å²) in [6.07, 6.45) is 2.50. The van der Waals surface area contributed by atoms with E-state index in [-0.39, 0.29) is 10.6 Å². The lowest BCUT2D eigenvalue weighted by molar-refractivity contribution is 0.381. The van der Waals surface area contributed by atoms with Crippen LogP contribution in [0.25, 0.3) is 102 Å². The number of hydrogen-bond acceptors (Lipinski definition) is 2. The van der Waals surface area contributed by atoms with Crippen molar-refractivity contribution in [1.82, 2.24) is 19.9 Å². The Kier molecular flexibility index (Phi) is 14.0. The second-order valence-corrected chi connectivity index (χ2v) is 25.2. The van der Waals surface area contributed by atoms with E-state index in [1.807, 2.05) is 33.9 Å². The molecule has 5 heterocycles. The first kappa shape index (κ1) is 57.3. The number of fused-ring (bicyclic) bond motifs is 8. The second-order valence-electron chi connectivity index (χ2n) is 20.2. The molecular formula is C58H28F20N4Si. The Morgan fingerprint density at radius 1 is 0.349 bits per heavy atom. The lowest BCUT2D eigenvalue weighted by atomic mass is 9.96. The molecule has 83 heavy (non-hydrogen) atoms. The largest absolute Gasteiger partial charge is 0.354 e. The van der Waals surface area contributed by atoms with Gasteiger partial charge in [-0.15, -0.1) is 5.54 Å². The molecule has 0 atom stereocenters. The molecule has 0 aliphatic carbocycles. The average molecular weight is 1190 g/mol. The van der Waals surface area contributed by atoms with Gasteiger partial charge >= 0.3 is 0 Å². The molecule has 0 saturated carbocycles. The summed E-state index contributed by atoms with van der Waals surface area (Å²) < 4.78 is 313. The molecule has 3 aromatic heterocycles. The highest BCUT2D eigenvalue weighted by molar-refractivity contribution is 6.87. The summed E-state index contributed by atoms with van der Waals surface area (Å²) in [4.78, 5) is 13.0. The summed E-state index contributed by atoms with van der Waals surface area (Å²) in [6, 6.07) is 7.21. The minimum Gasteiger partial charge on any atom is -0.354 e. The van der Waals surface area contributed by atoms with E-state index in [2.05, 4.69) is 31.4 Å². The van der Waals surface area contributed by atoms with Crippen molar-refractivity contribution in [3.63, 3.8) is 0 Å². The number of H-pyrrole nitrogens is 2. The third kappa shape index (κ3) is 8.95. The van der Waals surface area contributed by atoms with E-state index in [1.54, 1.807) is 0 Å². The molecule has 0 unspecified atom stereocenters. The topological polar surface area (TPSA) is 57.4 Å². The van der Waals surface area contributed by atoms with Gasteiger partial charge in [0.2, 0.25) is 23.3 Å². The van der Waals surface area contributed by atoms with E-state index in [4.69, 9.17) is 0 Å². The maximum absolute atomic E-state index is 16.6. The van der Waals surface area contributed by atoms with Gasteiger partial charge in [0.1, 0.15) is 8.07 Å². The molecule has 0 radical (unpaired) electrons. The highest BCUT2D eigenvalue weighted by Crippen LogP contribution is 2.47. The van der Waals surface area contributed by atoms with E-state index in [0.717, 1.165) is 6.07 Å². The van der Waals surface area contributed by atoms with Gasteiger partial charge in [-0.3, -0.25) is 0 Å². The van der Waals surface area contributed by atoms with Crippen molar-refractivity contribution in [2.45, 2.75) is 38.9 Å². The van der Waals surface area contributed by atoms with Crippen LogP contribution in [0.15, 0.2) is 42.5 Å². The SMILES string of the molecule is CC(C)(C)[Si](C)(C)C#Cc1ccc(-c2cc3[nH]c2c(-c2c(F)c(F)c(F)c(F)c2F)c2nc(c(-c4c(F)c(F)c(F)c(F)c4F)c4ccc([nH]4)c(-c4c(F)c(F)c(F)c(F)c4F)c4nc(c3-c3c(F)c(F)c(F)c(F)c3F)C=C4)C=C2)cc1. The minimum absolute atomic E-state index is 0.200. The first-order valence-electron chi connectivity index (χ1n) is 23.8. The van der Waals surface area contributed by atoms with Crippen LogP contribution < -0.4 is 0 Å². The van der Waals surface area contributed by atoms with Gasteiger partial charge in [0.15, 0.2) is 93.1 Å². The highest BCUT2D eigenvalue weighted by atomic mass is 28.3. The smallest absolute Gasteiger partial charge is 0.200 e. The van der Waals surface area contributed by atoms with E-state index in [0.29, 0.717) is 42.0 Å². The Bertz CT molecular complexity index is 4410. The molecule has 424 valence electrons. The van der Waals surface area contributed by atoms with Crippen molar-refractivity contribution in [1.29, 1.82) is 0 Å². The molecule has 5 aromatic carbocycles. The molecule has 2 aliphatic rings. The molecule has 0 spiro atoms. The first-order chi connectivity index (χ1) is 38.9. The average Bonchev–Trinajstić information content (AvgIpc) is 2.61. The van der Waals surface area contributed by atoms with Crippen LogP contribution >= 0.6 is 0 Å². The van der Waals surface area contributed by atoms with Gasteiger partial charge < -0.3 is 9.97 Å². The van der Waals surface area contributed by atoms with Crippen molar-refractivity contribution in [2.75, 3.05) is 0 Å². The summed E-state index contributed by atoms with van der Waals surface area (Å²) in [5.74, 6) is -50.0. The molecular weight excluding hydrogens is 1160 g/mol. The van der Waals surface area contributed by atoms with Crippen molar-refractivity contribution in [3.8, 4) is 67.1 Å². The van der Waals surface area contributed by atoms with E-state index in [9.17, 15) is 17.6 Å². The quantitative estimate of drug-likeness (QED) is 0.0593. The number of nitrogens with one attached hydrogen (secondary N) is 2. The third-order valence-electron chi connectivity index (χ3n) is 14.3. The fraction of sp³-hybridized carbons (Fsp3) is 0.103. The van der Waals surface area contributed by atoms with Gasteiger partial charge in [-0.25, -0.2) is 97.8 Å². The van der Waals surface area contributed by atoms with Crippen LogP contribution in [0.4, 0.5) is 87.8 Å². The maximum atomic E-state index is 16.6. The van der Waals surface area contributed by atoms with Gasteiger partial charge in [-0.2, -0.15) is 0 Å².